The third-order valence-corrected chi connectivity index (χ3v) is 5.32. The predicted octanol–water partition coefficient (Wildman–Crippen LogP) is 6.00. The van der Waals surface area contributed by atoms with Crippen molar-refractivity contribution in [2.24, 2.45) is 0 Å². The van der Waals surface area contributed by atoms with Crippen LogP contribution >= 0.6 is 0 Å². The Bertz CT molecular complexity index is 939. The van der Waals surface area contributed by atoms with Gasteiger partial charge in [0, 0.05) is 11.6 Å². The fraction of sp³-hybridized carbons (Fsp3) is 0.240. The van der Waals surface area contributed by atoms with Gasteiger partial charge < -0.3 is 9.84 Å². The van der Waals surface area contributed by atoms with E-state index in [-0.39, 0.29) is 17.6 Å². The molecule has 1 aliphatic carbocycles. The molecule has 1 N–H and O–H groups in total. The lowest BCUT2D eigenvalue weighted by molar-refractivity contribution is 0.103. The highest BCUT2D eigenvalue weighted by Gasteiger charge is 2.18. The van der Waals surface area contributed by atoms with Crippen molar-refractivity contribution in [2.45, 2.75) is 38.2 Å². The number of carbonyl (C=O) groups is 1. The number of ketones is 1. The zero-order chi connectivity index (χ0) is 19.3. The monoisotopic (exact) mass is 372 g/mol. The lowest BCUT2D eigenvalue weighted by atomic mass is 9.97. The normalized spacial score (nSPS) is 14.6. The minimum absolute atomic E-state index is 0.0366. The lowest BCUT2D eigenvalue weighted by Crippen LogP contribution is -2.19. The Morgan fingerprint density at radius 2 is 1.50 bits per heavy atom. The number of ether oxygens (including phenoxy) is 1. The number of phenolic OH excluding ortho intramolecular Hbond substituents is 1. The standard InChI is InChI=1S/C25H24O3/c26-24-17-22(28-21-9-5-2-6-10-21)15-16-23(24)25(27)20-13-11-19(12-14-20)18-7-3-1-4-8-18/h1,3-4,7-8,11-17,21,26H,2,5-6,9-10H2. The van der Waals surface area contributed by atoms with E-state index in [9.17, 15) is 9.90 Å². The van der Waals surface area contributed by atoms with Crippen LogP contribution in [0.2, 0.25) is 0 Å². The van der Waals surface area contributed by atoms with Crippen LogP contribution in [-0.2, 0) is 0 Å². The number of aromatic hydroxyl groups is 1. The van der Waals surface area contributed by atoms with E-state index in [1.54, 1.807) is 30.3 Å². The van der Waals surface area contributed by atoms with E-state index < -0.39 is 0 Å². The SMILES string of the molecule is O=C(c1ccc(-c2ccccc2)cc1)c1ccc(OC2CCCCC2)cc1O. The van der Waals surface area contributed by atoms with Gasteiger partial charge in [-0.05, 0) is 48.9 Å². The molecule has 3 heteroatoms. The molecular weight excluding hydrogens is 348 g/mol. The van der Waals surface area contributed by atoms with E-state index in [1.807, 2.05) is 42.5 Å². The molecule has 0 radical (unpaired) electrons. The van der Waals surface area contributed by atoms with Gasteiger partial charge in [0.2, 0.25) is 0 Å². The highest BCUT2D eigenvalue weighted by atomic mass is 16.5. The summed E-state index contributed by atoms with van der Waals surface area (Å²) in [6, 6.07) is 22.5. The maximum absolute atomic E-state index is 12.8. The maximum Gasteiger partial charge on any atom is 0.196 e. The molecule has 0 heterocycles. The Kier molecular flexibility index (Phi) is 5.43. The summed E-state index contributed by atoms with van der Waals surface area (Å²) >= 11 is 0. The Morgan fingerprint density at radius 1 is 0.821 bits per heavy atom. The van der Waals surface area contributed by atoms with Crippen LogP contribution < -0.4 is 4.74 Å². The first kappa shape index (κ1) is 18.3. The molecule has 0 amide bonds. The van der Waals surface area contributed by atoms with Crippen molar-refractivity contribution in [1.29, 1.82) is 0 Å². The van der Waals surface area contributed by atoms with Crippen LogP contribution in [0, 0.1) is 0 Å². The molecule has 142 valence electrons. The summed E-state index contributed by atoms with van der Waals surface area (Å²) in [6.45, 7) is 0. The summed E-state index contributed by atoms with van der Waals surface area (Å²) in [5, 5.41) is 10.4. The van der Waals surface area contributed by atoms with Gasteiger partial charge in [0.1, 0.15) is 11.5 Å². The Morgan fingerprint density at radius 3 is 2.18 bits per heavy atom. The summed E-state index contributed by atoms with van der Waals surface area (Å²) in [7, 11) is 0. The van der Waals surface area contributed by atoms with Crippen molar-refractivity contribution in [3.05, 3.63) is 83.9 Å². The zero-order valence-electron chi connectivity index (χ0n) is 15.8. The van der Waals surface area contributed by atoms with Crippen molar-refractivity contribution in [3.63, 3.8) is 0 Å². The molecule has 1 aliphatic rings. The molecule has 0 unspecified atom stereocenters. The minimum atomic E-state index is -0.193. The van der Waals surface area contributed by atoms with Gasteiger partial charge in [-0.3, -0.25) is 4.79 Å². The first-order chi connectivity index (χ1) is 13.7. The lowest BCUT2D eigenvalue weighted by Gasteiger charge is -2.23. The number of benzene rings is 3. The van der Waals surface area contributed by atoms with E-state index in [0.29, 0.717) is 16.9 Å². The number of rotatable bonds is 5. The minimum Gasteiger partial charge on any atom is -0.507 e. The van der Waals surface area contributed by atoms with Crippen LogP contribution in [0.5, 0.6) is 11.5 Å². The van der Waals surface area contributed by atoms with Gasteiger partial charge in [-0.1, -0.05) is 61.0 Å². The molecule has 0 aliphatic heterocycles. The highest BCUT2D eigenvalue weighted by molar-refractivity contribution is 6.10. The van der Waals surface area contributed by atoms with Gasteiger partial charge in [-0.2, -0.15) is 0 Å². The van der Waals surface area contributed by atoms with Gasteiger partial charge in [0.25, 0.3) is 0 Å². The van der Waals surface area contributed by atoms with E-state index >= 15 is 0 Å². The topological polar surface area (TPSA) is 46.5 Å². The van der Waals surface area contributed by atoms with Crippen molar-refractivity contribution < 1.29 is 14.6 Å². The van der Waals surface area contributed by atoms with E-state index in [4.69, 9.17) is 4.74 Å². The second kappa shape index (κ2) is 8.30. The van der Waals surface area contributed by atoms with E-state index in [2.05, 4.69) is 0 Å². The van der Waals surface area contributed by atoms with Gasteiger partial charge in [-0.25, -0.2) is 0 Å². The quantitative estimate of drug-likeness (QED) is 0.559. The number of phenols is 1. The van der Waals surface area contributed by atoms with Crippen molar-refractivity contribution in [2.75, 3.05) is 0 Å². The Hall–Kier alpha value is -3.07. The molecule has 0 atom stereocenters. The fourth-order valence-corrected chi connectivity index (χ4v) is 3.75. The van der Waals surface area contributed by atoms with E-state index in [1.165, 1.54) is 19.3 Å². The molecule has 3 aromatic carbocycles. The summed E-state index contributed by atoms with van der Waals surface area (Å²) in [4.78, 5) is 12.8. The number of hydrogen-bond acceptors (Lipinski definition) is 3. The largest absolute Gasteiger partial charge is 0.507 e. The second-order valence-corrected chi connectivity index (χ2v) is 7.33. The smallest absolute Gasteiger partial charge is 0.196 e. The molecule has 28 heavy (non-hydrogen) atoms. The predicted molar refractivity (Wildman–Crippen MR) is 111 cm³/mol. The molecule has 4 rings (SSSR count). The zero-order valence-corrected chi connectivity index (χ0v) is 15.8. The molecule has 0 aromatic heterocycles. The summed E-state index contributed by atoms with van der Waals surface area (Å²) in [5.74, 6) is 0.396. The average Bonchev–Trinajstić information content (AvgIpc) is 2.75. The van der Waals surface area contributed by atoms with Crippen molar-refractivity contribution in [3.8, 4) is 22.6 Å². The van der Waals surface area contributed by atoms with Gasteiger partial charge in [0.15, 0.2) is 5.78 Å². The van der Waals surface area contributed by atoms with Crippen molar-refractivity contribution in [1.82, 2.24) is 0 Å². The van der Waals surface area contributed by atoms with Crippen LogP contribution in [0.4, 0.5) is 0 Å². The highest BCUT2D eigenvalue weighted by Crippen LogP contribution is 2.29. The molecule has 0 spiro atoms. The molecule has 3 aromatic rings. The van der Waals surface area contributed by atoms with Crippen LogP contribution in [-0.4, -0.2) is 17.0 Å². The molecule has 1 fully saturated rings. The number of carbonyl (C=O) groups excluding carboxylic acids is 1. The molecule has 3 nitrogen and oxygen atoms in total. The van der Waals surface area contributed by atoms with Crippen LogP contribution in [0.25, 0.3) is 11.1 Å². The summed E-state index contributed by atoms with van der Waals surface area (Å²) in [6.07, 6.45) is 5.95. The Balaban J connectivity index is 1.49. The maximum atomic E-state index is 12.8. The van der Waals surface area contributed by atoms with Gasteiger partial charge in [0.05, 0.1) is 11.7 Å². The van der Waals surface area contributed by atoms with Crippen LogP contribution in [0.3, 0.4) is 0 Å². The molecular formula is C25H24O3. The van der Waals surface area contributed by atoms with Crippen LogP contribution in [0.1, 0.15) is 48.0 Å². The Labute approximate surface area is 165 Å². The summed E-state index contributed by atoms with van der Waals surface area (Å²) < 4.78 is 5.97. The molecule has 1 saturated carbocycles. The molecule has 0 saturated heterocycles. The van der Waals surface area contributed by atoms with Crippen LogP contribution in [0.15, 0.2) is 72.8 Å². The first-order valence-corrected chi connectivity index (χ1v) is 9.90. The first-order valence-electron chi connectivity index (χ1n) is 9.90. The third-order valence-electron chi connectivity index (χ3n) is 5.32. The van der Waals surface area contributed by atoms with Gasteiger partial charge >= 0.3 is 0 Å². The second-order valence-electron chi connectivity index (χ2n) is 7.33. The van der Waals surface area contributed by atoms with E-state index in [0.717, 1.165) is 24.0 Å². The number of hydrogen-bond donors (Lipinski definition) is 1. The summed E-state index contributed by atoms with van der Waals surface area (Å²) in [5.41, 5.74) is 3.01. The van der Waals surface area contributed by atoms with Crippen molar-refractivity contribution >= 4 is 5.78 Å². The third kappa shape index (κ3) is 4.09. The average molecular weight is 372 g/mol. The molecule has 0 bridgehead atoms. The fourth-order valence-electron chi connectivity index (χ4n) is 3.75. The van der Waals surface area contributed by atoms with Gasteiger partial charge in [-0.15, -0.1) is 0 Å².